The van der Waals surface area contributed by atoms with Gasteiger partial charge in [-0.1, -0.05) is 6.92 Å². The zero-order valence-corrected chi connectivity index (χ0v) is 15.3. The molecular formula is C16H16F2N4O5S. The number of primary sulfonamides is 1. The summed E-state index contributed by atoms with van der Waals surface area (Å²) in [4.78, 5) is 10.0. The molecule has 0 amide bonds. The lowest BCUT2D eigenvalue weighted by molar-refractivity contribution is -0.384. The Balaban J connectivity index is 2.30. The summed E-state index contributed by atoms with van der Waals surface area (Å²) >= 11 is 0. The highest BCUT2D eigenvalue weighted by atomic mass is 32.2. The molecule has 9 nitrogen and oxygen atoms in total. The number of benzene rings is 2. The number of ether oxygens (including phenoxy) is 1. The number of rotatable bonds is 8. The molecule has 28 heavy (non-hydrogen) atoms. The van der Waals surface area contributed by atoms with E-state index in [-0.39, 0.29) is 11.4 Å². The van der Waals surface area contributed by atoms with Crippen molar-refractivity contribution in [1.82, 2.24) is 0 Å². The third-order valence-electron chi connectivity index (χ3n) is 3.55. The summed E-state index contributed by atoms with van der Waals surface area (Å²) < 4.78 is 51.4. The zero-order chi connectivity index (χ0) is 20.9. The fraction of sp³-hybridized carbons (Fsp3) is 0.188. The summed E-state index contributed by atoms with van der Waals surface area (Å²) in [7, 11) is -4.10. The molecule has 0 bridgehead atoms. The third kappa shape index (κ3) is 5.44. The lowest BCUT2D eigenvalue weighted by atomic mass is 10.1. The van der Waals surface area contributed by atoms with Crippen LogP contribution in [-0.2, 0) is 10.0 Å². The molecule has 2 aromatic rings. The van der Waals surface area contributed by atoms with Gasteiger partial charge in [0.15, 0.2) is 0 Å². The SMILES string of the molecule is CCC(=NNc1ccc(S(N)(=O)=O)cc1[N+](=O)[O-])c1ccc(OC(F)F)cc1. The van der Waals surface area contributed by atoms with Gasteiger partial charge in [-0.2, -0.15) is 13.9 Å². The van der Waals surface area contributed by atoms with Crippen LogP contribution in [0, 0.1) is 10.1 Å². The van der Waals surface area contributed by atoms with Crippen LogP contribution in [0.25, 0.3) is 0 Å². The van der Waals surface area contributed by atoms with Crippen LogP contribution in [-0.4, -0.2) is 25.7 Å². The van der Waals surface area contributed by atoms with Crippen molar-refractivity contribution in [2.24, 2.45) is 10.2 Å². The van der Waals surface area contributed by atoms with Crippen LogP contribution >= 0.6 is 0 Å². The number of nitro groups is 1. The number of hydrogen-bond acceptors (Lipinski definition) is 7. The van der Waals surface area contributed by atoms with Gasteiger partial charge in [0, 0.05) is 6.07 Å². The molecule has 2 rings (SSSR count). The molecule has 0 radical (unpaired) electrons. The Morgan fingerprint density at radius 1 is 1.29 bits per heavy atom. The molecule has 0 heterocycles. The van der Waals surface area contributed by atoms with Crippen molar-refractivity contribution in [3.63, 3.8) is 0 Å². The van der Waals surface area contributed by atoms with Crippen LogP contribution < -0.4 is 15.3 Å². The van der Waals surface area contributed by atoms with Gasteiger partial charge in [-0.25, -0.2) is 13.6 Å². The minimum Gasteiger partial charge on any atom is -0.435 e. The van der Waals surface area contributed by atoms with Gasteiger partial charge in [0.2, 0.25) is 10.0 Å². The highest BCUT2D eigenvalue weighted by Crippen LogP contribution is 2.27. The van der Waals surface area contributed by atoms with E-state index >= 15 is 0 Å². The molecule has 2 aromatic carbocycles. The minimum absolute atomic E-state index is 0.0172. The highest BCUT2D eigenvalue weighted by Gasteiger charge is 2.19. The first-order valence-electron chi connectivity index (χ1n) is 7.81. The summed E-state index contributed by atoms with van der Waals surface area (Å²) in [5, 5.41) is 20.3. The molecule has 0 saturated carbocycles. The number of nitrogens with one attached hydrogen (secondary N) is 1. The maximum absolute atomic E-state index is 12.2. The van der Waals surface area contributed by atoms with Gasteiger partial charge >= 0.3 is 6.61 Å². The third-order valence-corrected chi connectivity index (χ3v) is 4.46. The van der Waals surface area contributed by atoms with Crippen molar-refractivity contribution < 1.29 is 26.9 Å². The molecule has 0 unspecified atom stereocenters. The molecule has 0 aromatic heterocycles. The van der Waals surface area contributed by atoms with E-state index in [0.717, 1.165) is 12.1 Å². The van der Waals surface area contributed by atoms with E-state index in [1.807, 2.05) is 0 Å². The molecule has 3 N–H and O–H groups in total. The van der Waals surface area contributed by atoms with Crippen LogP contribution in [0.4, 0.5) is 20.2 Å². The van der Waals surface area contributed by atoms with Gasteiger partial charge in [-0.3, -0.25) is 15.5 Å². The Morgan fingerprint density at radius 2 is 1.93 bits per heavy atom. The van der Waals surface area contributed by atoms with Gasteiger partial charge in [0.05, 0.1) is 15.5 Å². The smallest absolute Gasteiger partial charge is 0.387 e. The van der Waals surface area contributed by atoms with Crippen molar-refractivity contribution in [2.45, 2.75) is 24.9 Å². The van der Waals surface area contributed by atoms with E-state index in [9.17, 15) is 27.3 Å². The predicted octanol–water partition coefficient (Wildman–Crippen LogP) is 3.07. The molecule has 0 spiro atoms. The molecule has 0 aliphatic heterocycles. The Bertz CT molecular complexity index is 995. The second-order valence-corrected chi connectivity index (χ2v) is 6.97. The molecule has 0 saturated heterocycles. The molecule has 150 valence electrons. The van der Waals surface area contributed by atoms with Crippen LogP contribution in [0.2, 0.25) is 0 Å². The monoisotopic (exact) mass is 414 g/mol. The number of sulfonamides is 1. The Labute approximate surface area is 159 Å². The number of nitrogens with two attached hydrogens (primary N) is 1. The van der Waals surface area contributed by atoms with Gasteiger partial charge < -0.3 is 4.74 Å². The van der Waals surface area contributed by atoms with E-state index in [1.54, 1.807) is 6.92 Å². The van der Waals surface area contributed by atoms with Gasteiger partial charge in [-0.15, -0.1) is 0 Å². The number of anilines is 1. The van der Waals surface area contributed by atoms with Gasteiger partial charge in [0.25, 0.3) is 5.69 Å². The number of hydrazone groups is 1. The van der Waals surface area contributed by atoms with Crippen LogP contribution in [0.1, 0.15) is 18.9 Å². The minimum atomic E-state index is -4.10. The Morgan fingerprint density at radius 3 is 2.43 bits per heavy atom. The Hall–Kier alpha value is -3.12. The van der Waals surface area contributed by atoms with Crippen molar-refractivity contribution >= 4 is 27.1 Å². The standard InChI is InChI=1S/C16H16F2N4O5S/c1-2-13(10-3-5-11(6-4-10)27-16(17)18)20-21-14-8-7-12(28(19,25)26)9-15(14)22(23)24/h3-9,16,21H,2H2,1H3,(H2,19,25,26). The summed E-state index contributed by atoms with van der Waals surface area (Å²) in [6.07, 6.45) is 0.422. The first kappa shape index (κ1) is 21.2. The number of alkyl halides is 2. The zero-order valence-electron chi connectivity index (χ0n) is 14.5. The fourth-order valence-corrected chi connectivity index (χ4v) is 2.77. The van der Waals surface area contributed by atoms with E-state index in [2.05, 4.69) is 15.3 Å². The van der Waals surface area contributed by atoms with Crippen molar-refractivity contribution in [1.29, 1.82) is 0 Å². The quantitative estimate of drug-likeness (QED) is 0.387. The number of halogens is 2. The maximum Gasteiger partial charge on any atom is 0.387 e. The van der Waals surface area contributed by atoms with E-state index in [0.29, 0.717) is 17.7 Å². The molecule has 0 atom stereocenters. The average molecular weight is 414 g/mol. The van der Waals surface area contributed by atoms with E-state index < -0.39 is 32.1 Å². The topological polar surface area (TPSA) is 137 Å². The van der Waals surface area contributed by atoms with Crippen LogP contribution in [0.5, 0.6) is 5.75 Å². The largest absolute Gasteiger partial charge is 0.435 e. The van der Waals surface area contributed by atoms with Gasteiger partial charge in [0.1, 0.15) is 11.4 Å². The van der Waals surface area contributed by atoms with Crippen LogP contribution in [0.15, 0.2) is 52.5 Å². The van der Waals surface area contributed by atoms with Gasteiger partial charge in [-0.05, 0) is 48.4 Å². The molecular weight excluding hydrogens is 398 g/mol. The fourth-order valence-electron chi connectivity index (χ4n) is 2.24. The second kappa shape index (κ2) is 8.71. The number of nitro benzene ring substituents is 1. The molecule has 0 aliphatic rings. The first-order chi connectivity index (χ1) is 13.1. The molecule has 12 heteroatoms. The first-order valence-corrected chi connectivity index (χ1v) is 9.35. The van der Waals surface area contributed by atoms with E-state index in [4.69, 9.17) is 5.14 Å². The van der Waals surface area contributed by atoms with E-state index in [1.165, 1.54) is 30.3 Å². The highest BCUT2D eigenvalue weighted by molar-refractivity contribution is 7.89. The van der Waals surface area contributed by atoms with Crippen molar-refractivity contribution in [3.8, 4) is 5.75 Å². The maximum atomic E-state index is 12.2. The number of hydrogen-bond donors (Lipinski definition) is 2. The van der Waals surface area contributed by atoms with Crippen molar-refractivity contribution in [3.05, 3.63) is 58.1 Å². The normalized spacial score (nSPS) is 12.1. The summed E-state index contributed by atoms with van der Waals surface area (Å²) in [5.74, 6) is -0.0172. The number of nitrogens with zero attached hydrogens (tertiary/aromatic N) is 2. The summed E-state index contributed by atoms with van der Waals surface area (Å²) in [6.45, 7) is -1.16. The lowest BCUT2D eigenvalue weighted by Crippen LogP contribution is -2.12. The van der Waals surface area contributed by atoms with Crippen LogP contribution in [0.3, 0.4) is 0 Å². The lowest BCUT2D eigenvalue weighted by Gasteiger charge is -2.09. The summed E-state index contributed by atoms with van der Waals surface area (Å²) in [5.41, 5.74) is 3.03. The molecule has 0 aliphatic carbocycles. The molecule has 0 fully saturated rings. The predicted molar refractivity (Wildman–Crippen MR) is 98.0 cm³/mol. The summed E-state index contributed by atoms with van der Waals surface area (Å²) in [6, 6.07) is 8.83. The average Bonchev–Trinajstić information content (AvgIpc) is 2.62. The Kier molecular flexibility index (Phi) is 6.59. The second-order valence-electron chi connectivity index (χ2n) is 5.41. The van der Waals surface area contributed by atoms with Crippen molar-refractivity contribution in [2.75, 3.05) is 5.43 Å².